The topological polar surface area (TPSA) is 85.8 Å². The number of nitrogens with one attached hydrogen (secondary N) is 1. The number of nitrogens with zero attached hydrogens (tertiary/aromatic N) is 3. The average molecular weight is 346 g/mol. The number of rotatable bonds is 4. The third-order valence-corrected chi connectivity index (χ3v) is 3.53. The van der Waals surface area contributed by atoms with Gasteiger partial charge in [0.15, 0.2) is 0 Å². The summed E-state index contributed by atoms with van der Waals surface area (Å²) in [6, 6.07) is 4.40. The van der Waals surface area contributed by atoms with Gasteiger partial charge in [-0.25, -0.2) is 9.07 Å². The standard InChI is InChI=1S/C10H9BrFN5OS/c11-6-1-2-8(7(12)3-6)15-9(18)4-19-10-16-14-5-17(10)13/h1-3,5H,4,13H2,(H,15,18). The van der Waals surface area contributed by atoms with Crippen molar-refractivity contribution in [1.82, 2.24) is 14.9 Å². The second-order valence-electron chi connectivity index (χ2n) is 3.48. The maximum atomic E-state index is 13.5. The second kappa shape index (κ2) is 6.02. The molecule has 3 N–H and O–H groups in total. The molecule has 0 spiro atoms. The van der Waals surface area contributed by atoms with Crippen molar-refractivity contribution in [3.05, 3.63) is 34.8 Å². The van der Waals surface area contributed by atoms with Crippen LogP contribution in [0.4, 0.5) is 10.1 Å². The van der Waals surface area contributed by atoms with Gasteiger partial charge in [-0.05, 0) is 18.2 Å². The molecule has 0 atom stereocenters. The fourth-order valence-electron chi connectivity index (χ4n) is 1.24. The Hall–Kier alpha value is -1.61. The van der Waals surface area contributed by atoms with Gasteiger partial charge < -0.3 is 11.2 Å². The van der Waals surface area contributed by atoms with E-state index in [1.165, 1.54) is 23.1 Å². The zero-order valence-electron chi connectivity index (χ0n) is 9.51. The molecule has 1 aromatic heterocycles. The third kappa shape index (κ3) is 3.67. The van der Waals surface area contributed by atoms with Gasteiger partial charge in [0, 0.05) is 4.47 Å². The van der Waals surface area contributed by atoms with E-state index in [1.54, 1.807) is 6.07 Å². The average Bonchev–Trinajstić information content (AvgIpc) is 2.76. The Labute approximate surface area is 120 Å². The number of carbonyl (C=O) groups is 1. The first-order valence-electron chi connectivity index (χ1n) is 5.09. The summed E-state index contributed by atoms with van der Waals surface area (Å²) < 4.78 is 15.3. The molecule has 100 valence electrons. The van der Waals surface area contributed by atoms with Crippen LogP contribution >= 0.6 is 27.7 Å². The monoisotopic (exact) mass is 345 g/mol. The van der Waals surface area contributed by atoms with E-state index in [4.69, 9.17) is 5.84 Å². The van der Waals surface area contributed by atoms with Gasteiger partial charge in [0.1, 0.15) is 12.1 Å². The van der Waals surface area contributed by atoms with Gasteiger partial charge in [0.25, 0.3) is 0 Å². The van der Waals surface area contributed by atoms with Crippen molar-refractivity contribution in [2.45, 2.75) is 5.16 Å². The number of hydrogen-bond acceptors (Lipinski definition) is 5. The van der Waals surface area contributed by atoms with Crippen molar-refractivity contribution in [2.75, 3.05) is 16.9 Å². The number of nitrogens with two attached hydrogens (primary N) is 1. The predicted molar refractivity (Wildman–Crippen MR) is 73.6 cm³/mol. The lowest BCUT2D eigenvalue weighted by Crippen LogP contribution is -2.16. The number of halogens is 2. The Morgan fingerprint density at radius 2 is 2.37 bits per heavy atom. The molecule has 0 saturated carbocycles. The Balaban J connectivity index is 1.93. The molecule has 0 unspecified atom stereocenters. The lowest BCUT2D eigenvalue weighted by Gasteiger charge is -2.06. The first kappa shape index (κ1) is 13.8. The summed E-state index contributed by atoms with van der Waals surface area (Å²) in [7, 11) is 0. The van der Waals surface area contributed by atoms with Crippen LogP contribution in [0, 0.1) is 5.82 Å². The molecular formula is C10H9BrFN5OS. The van der Waals surface area contributed by atoms with Gasteiger partial charge in [-0.15, -0.1) is 10.2 Å². The van der Waals surface area contributed by atoms with E-state index in [0.717, 1.165) is 11.8 Å². The van der Waals surface area contributed by atoms with E-state index in [-0.39, 0.29) is 17.3 Å². The molecule has 0 radical (unpaired) electrons. The number of aromatic nitrogens is 3. The predicted octanol–water partition coefficient (Wildman–Crippen LogP) is 1.62. The number of hydrogen-bond donors (Lipinski definition) is 2. The van der Waals surface area contributed by atoms with Crippen molar-refractivity contribution in [1.29, 1.82) is 0 Å². The largest absolute Gasteiger partial charge is 0.336 e. The molecule has 1 aromatic carbocycles. The van der Waals surface area contributed by atoms with Gasteiger partial charge in [-0.3, -0.25) is 4.79 Å². The van der Waals surface area contributed by atoms with E-state index in [1.807, 2.05) is 0 Å². The Morgan fingerprint density at radius 1 is 1.58 bits per heavy atom. The van der Waals surface area contributed by atoms with Crippen LogP contribution < -0.4 is 11.2 Å². The highest BCUT2D eigenvalue weighted by Crippen LogP contribution is 2.20. The van der Waals surface area contributed by atoms with Crippen molar-refractivity contribution in [2.24, 2.45) is 0 Å². The lowest BCUT2D eigenvalue weighted by molar-refractivity contribution is -0.113. The van der Waals surface area contributed by atoms with Gasteiger partial charge in [0.2, 0.25) is 11.1 Å². The second-order valence-corrected chi connectivity index (χ2v) is 5.34. The minimum atomic E-state index is -0.505. The lowest BCUT2D eigenvalue weighted by atomic mass is 10.3. The summed E-state index contributed by atoms with van der Waals surface area (Å²) in [4.78, 5) is 11.6. The van der Waals surface area contributed by atoms with E-state index in [9.17, 15) is 9.18 Å². The van der Waals surface area contributed by atoms with Gasteiger partial charge in [-0.2, -0.15) is 0 Å². The maximum absolute atomic E-state index is 13.5. The zero-order chi connectivity index (χ0) is 13.8. The molecule has 19 heavy (non-hydrogen) atoms. The number of nitrogen functional groups attached to an aromatic ring is 1. The molecule has 2 rings (SSSR count). The van der Waals surface area contributed by atoms with Crippen LogP contribution in [0.3, 0.4) is 0 Å². The summed E-state index contributed by atoms with van der Waals surface area (Å²) in [6.07, 6.45) is 1.33. The van der Waals surface area contributed by atoms with E-state index < -0.39 is 5.82 Å². The first-order chi connectivity index (χ1) is 9.06. The highest BCUT2D eigenvalue weighted by atomic mass is 79.9. The van der Waals surface area contributed by atoms with Crippen LogP contribution in [-0.2, 0) is 4.79 Å². The fourth-order valence-corrected chi connectivity index (χ4v) is 2.21. The molecule has 9 heteroatoms. The molecular weight excluding hydrogens is 337 g/mol. The van der Waals surface area contributed by atoms with Gasteiger partial charge in [0.05, 0.1) is 11.4 Å². The first-order valence-corrected chi connectivity index (χ1v) is 6.87. The SMILES string of the molecule is Nn1cnnc1SCC(=O)Nc1ccc(Br)cc1F. The summed E-state index contributed by atoms with van der Waals surface area (Å²) in [5.41, 5.74) is 0.128. The number of benzene rings is 1. The normalized spacial score (nSPS) is 10.4. The van der Waals surface area contributed by atoms with Crippen LogP contribution in [0.2, 0.25) is 0 Å². The minimum Gasteiger partial charge on any atom is -0.336 e. The zero-order valence-corrected chi connectivity index (χ0v) is 11.9. The van der Waals surface area contributed by atoms with Crippen molar-refractivity contribution in [3.8, 4) is 0 Å². The molecule has 0 aliphatic heterocycles. The molecule has 0 saturated heterocycles. The van der Waals surface area contributed by atoms with Crippen LogP contribution in [0.5, 0.6) is 0 Å². The molecule has 0 aliphatic carbocycles. The van der Waals surface area contributed by atoms with E-state index in [0.29, 0.717) is 9.63 Å². The molecule has 1 heterocycles. The summed E-state index contributed by atoms with van der Waals surface area (Å²) in [5, 5.41) is 10.2. The van der Waals surface area contributed by atoms with Gasteiger partial charge in [-0.1, -0.05) is 27.7 Å². The van der Waals surface area contributed by atoms with Gasteiger partial charge >= 0.3 is 0 Å². The quantitative estimate of drug-likeness (QED) is 0.649. The molecule has 0 fully saturated rings. The maximum Gasteiger partial charge on any atom is 0.234 e. The molecule has 0 aliphatic rings. The molecule has 6 nitrogen and oxygen atoms in total. The molecule has 1 amide bonds. The number of anilines is 1. The highest BCUT2D eigenvalue weighted by molar-refractivity contribution is 9.10. The number of carbonyl (C=O) groups excluding carboxylic acids is 1. The van der Waals surface area contributed by atoms with Crippen LogP contribution in [0.25, 0.3) is 0 Å². The molecule has 2 aromatic rings. The third-order valence-electron chi connectivity index (χ3n) is 2.08. The van der Waals surface area contributed by atoms with Crippen LogP contribution in [0.1, 0.15) is 0 Å². The Morgan fingerprint density at radius 3 is 3.00 bits per heavy atom. The highest BCUT2D eigenvalue weighted by Gasteiger charge is 2.10. The van der Waals surface area contributed by atoms with Crippen LogP contribution in [-0.4, -0.2) is 26.5 Å². The number of thioether (sulfide) groups is 1. The summed E-state index contributed by atoms with van der Waals surface area (Å²) in [5.74, 6) is 4.70. The Bertz CT molecular complexity index is 605. The smallest absolute Gasteiger partial charge is 0.234 e. The van der Waals surface area contributed by atoms with E-state index in [2.05, 4.69) is 31.4 Å². The van der Waals surface area contributed by atoms with Crippen molar-refractivity contribution >= 4 is 39.3 Å². The van der Waals surface area contributed by atoms with Crippen molar-refractivity contribution in [3.63, 3.8) is 0 Å². The Kier molecular flexibility index (Phi) is 4.38. The minimum absolute atomic E-state index is 0.0609. The summed E-state index contributed by atoms with van der Waals surface area (Å²) >= 11 is 4.25. The number of amides is 1. The van der Waals surface area contributed by atoms with Crippen LogP contribution in [0.15, 0.2) is 34.2 Å². The fraction of sp³-hybridized carbons (Fsp3) is 0.100. The molecule has 0 bridgehead atoms. The summed E-state index contributed by atoms with van der Waals surface area (Å²) in [6.45, 7) is 0. The van der Waals surface area contributed by atoms with Crippen molar-refractivity contribution < 1.29 is 9.18 Å². The van der Waals surface area contributed by atoms with E-state index >= 15 is 0 Å².